The van der Waals surface area contributed by atoms with E-state index in [1.54, 1.807) is 18.0 Å². The molecule has 0 aliphatic carbocycles. The fourth-order valence-corrected chi connectivity index (χ4v) is 3.43. The maximum Gasteiger partial charge on any atom is 0.416 e. The van der Waals surface area contributed by atoms with E-state index in [1.807, 2.05) is 24.3 Å². The van der Waals surface area contributed by atoms with E-state index >= 15 is 0 Å². The quantitative estimate of drug-likeness (QED) is 0.383. The maximum absolute atomic E-state index is 12.8. The first kappa shape index (κ1) is 21.9. The van der Waals surface area contributed by atoms with Crippen molar-refractivity contribution >= 4 is 28.6 Å². The number of imidazole rings is 1. The molecule has 0 spiro atoms. The summed E-state index contributed by atoms with van der Waals surface area (Å²) in [5, 5.41) is 3.29. The molecule has 0 bridgehead atoms. The Morgan fingerprint density at radius 3 is 2.34 bits per heavy atom. The minimum Gasteiger partial charge on any atom is -0.497 e. The highest BCUT2D eigenvalue weighted by Crippen LogP contribution is 2.29. The molecule has 166 valence electrons. The Morgan fingerprint density at radius 1 is 1.00 bits per heavy atom. The lowest BCUT2D eigenvalue weighted by Crippen LogP contribution is -2.08. The number of nitrogens with zero attached hydrogens (tertiary/aromatic N) is 4. The highest BCUT2D eigenvalue weighted by Gasteiger charge is 2.29. The zero-order chi connectivity index (χ0) is 22.7. The predicted molar refractivity (Wildman–Crippen MR) is 116 cm³/mol. The Bertz CT molecular complexity index is 1210. The van der Waals surface area contributed by atoms with Crippen LogP contribution in [0.25, 0.3) is 11.2 Å². The van der Waals surface area contributed by atoms with Crippen molar-refractivity contribution in [2.24, 2.45) is 0 Å². The number of benzene rings is 2. The Labute approximate surface area is 187 Å². The number of hydrogen-bond acceptors (Lipinski definition) is 5. The SMILES string of the molecule is COc1ccc(CCNc2nc(Cl)nc3c2ncn3Cc2ccc(C(F)(F)F)cc2)cc1. The van der Waals surface area contributed by atoms with Crippen LogP contribution in [0.2, 0.25) is 5.28 Å². The van der Waals surface area contributed by atoms with Crippen molar-refractivity contribution in [3.63, 3.8) is 0 Å². The van der Waals surface area contributed by atoms with Crippen LogP contribution in [0.1, 0.15) is 16.7 Å². The van der Waals surface area contributed by atoms with Gasteiger partial charge in [-0.2, -0.15) is 23.1 Å². The Hall–Kier alpha value is -3.33. The van der Waals surface area contributed by atoms with Gasteiger partial charge in [0, 0.05) is 6.54 Å². The summed E-state index contributed by atoms with van der Waals surface area (Å²) in [5.41, 5.74) is 2.15. The normalized spacial score (nSPS) is 11.7. The molecular weight excluding hydrogens is 443 g/mol. The number of rotatable bonds is 7. The zero-order valence-electron chi connectivity index (χ0n) is 17.0. The van der Waals surface area contributed by atoms with Crippen molar-refractivity contribution in [3.8, 4) is 5.75 Å². The molecule has 0 atom stereocenters. The number of alkyl halides is 3. The van der Waals surface area contributed by atoms with Crippen LogP contribution in [0, 0.1) is 0 Å². The Morgan fingerprint density at radius 2 is 1.69 bits per heavy atom. The van der Waals surface area contributed by atoms with E-state index in [0.717, 1.165) is 29.9 Å². The van der Waals surface area contributed by atoms with Gasteiger partial charge in [-0.25, -0.2) is 4.98 Å². The van der Waals surface area contributed by atoms with Crippen LogP contribution >= 0.6 is 11.6 Å². The third-order valence-electron chi connectivity index (χ3n) is 4.94. The van der Waals surface area contributed by atoms with Gasteiger partial charge in [-0.3, -0.25) is 0 Å². The van der Waals surface area contributed by atoms with E-state index in [-0.39, 0.29) is 5.28 Å². The predicted octanol–water partition coefficient (Wildman–Crippen LogP) is 5.21. The third kappa shape index (κ3) is 4.94. The van der Waals surface area contributed by atoms with Gasteiger partial charge in [0.2, 0.25) is 5.28 Å². The zero-order valence-corrected chi connectivity index (χ0v) is 17.8. The second-order valence-electron chi connectivity index (χ2n) is 7.11. The first-order valence-corrected chi connectivity index (χ1v) is 10.1. The largest absolute Gasteiger partial charge is 0.497 e. The lowest BCUT2D eigenvalue weighted by Gasteiger charge is -2.09. The summed E-state index contributed by atoms with van der Waals surface area (Å²) in [6.07, 6.45) is -2.05. The number of halogens is 4. The van der Waals surface area contributed by atoms with Crippen LogP contribution in [0.5, 0.6) is 5.75 Å². The average Bonchev–Trinajstić information content (AvgIpc) is 3.16. The summed E-state index contributed by atoms with van der Waals surface area (Å²) in [7, 11) is 1.62. The number of nitrogens with one attached hydrogen (secondary N) is 1. The summed E-state index contributed by atoms with van der Waals surface area (Å²) in [5.74, 6) is 1.30. The van der Waals surface area contributed by atoms with Gasteiger partial charge in [0.15, 0.2) is 17.0 Å². The second kappa shape index (κ2) is 9.04. The van der Waals surface area contributed by atoms with Gasteiger partial charge in [-0.15, -0.1) is 0 Å². The molecule has 6 nitrogen and oxygen atoms in total. The smallest absolute Gasteiger partial charge is 0.416 e. The lowest BCUT2D eigenvalue weighted by atomic mass is 10.1. The molecule has 0 saturated heterocycles. The molecule has 4 rings (SSSR count). The molecule has 0 saturated carbocycles. The minimum absolute atomic E-state index is 0.0543. The van der Waals surface area contributed by atoms with Crippen LogP contribution < -0.4 is 10.1 Å². The second-order valence-corrected chi connectivity index (χ2v) is 7.44. The molecule has 0 radical (unpaired) electrons. The molecule has 2 aromatic heterocycles. The molecule has 32 heavy (non-hydrogen) atoms. The molecule has 0 aliphatic rings. The molecule has 2 heterocycles. The van der Waals surface area contributed by atoms with Crippen molar-refractivity contribution < 1.29 is 17.9 Å². The molecule has 0 amide bonds. The van der Waals surface area contributed by atoms with E-state index < -0.39 is 11.7 Å². The summed E-state index contributed by atoms with van der Waals surface area (Å²) < 4.78 is 45.2. The number of anilines is 1. The van der Waals surface area contributed by atoms with Crippen LogP contribution in [-0.4, -0.2) is 33.2 Å². The van der Waals surface area contributed by atoms with Crippen molar-refractivity contribution in [2.75, 3.05) is 19.0 Å². The number of fused-ring (bicyclic) bond motifs is 1. The summed E-state index contributed by atoms with van der Waals surface area (Å²) in [6.45, 7) is 0.897. The summed E-state index contributed by atoms with van der Waals surface area (Å²) in [4.78, 5) is 12.9. The van der Waals surface area contributed by atoms with Gasteiger partial charge < -0.3 is 14.6 Å². The van der Waals surface area contributed by atoms with E-state index in [2.05, 4.69) is 20.3 Å². The molecule has 0 fully saturated rings. The van der Waals surface area contributed by atoms with E-state index in [4.69, 9.17) is 16.3 Å². The van der Waals surface area contributed by atoms with Crippen molar-refractivity contribution in [1.29, 1.82) is 0 Å². The van der Waals surface area contributed by atoms with Crippen molar-refractivity contribution in [1.82, 2.24) is 19.5 Å². The molecule has 0 aliphatic heterocycles. The average molecular weight is 462 g/mol. The first-order chi connectivity index (χ1) is 15.3. The van der Waals surface area contributed by atoms with Gasteiger partial charge in [0.25, 0.3) is 0 Å². The lowest BCUT2D eigenvalue weighted by molar-refractivity contribution is -0.137. The topological polar surface area (TPSA) is 64.9 Å². The molecule has 0 unspecified atom stereocenters. The number of hydrogen-bond donors (Lipinski definition) is 1. The monoisotopic (exact) mass is 461 g/mol. The minimum atomic E-state index is -4.37. The van der Waals surface area contributed by atoms with Crippen LogP contribution in [-0.2, 0) is 19.1 Å². The van der Waals surface area contributed by atoms with Crippen molar-refractivity contribution in [3.05, 3.63) is 76.8 Å². The summed E-state index contributed by atoms with van der Waals surface area (Å²) in [6, 6.07) is 12.8. The van der Waals surface area contributed by atoms with E-state index in [1.165, 1.54) is 12.1 Å². The maximum atomic E-state index is 12.8. The highest BCUT2D eigenvalue weighted by molar-refractivity contribution is 6.28. The fraction of sp³-hybridized carbons (Fsp3) is 0.227. The van der Waals surface area contributed by atoms with Gasteiger partial charge in [0.1, 0.15) is 5.75 Å². The molecular formula is C22H19ClF3N5O. The fourth-order valence-electron chi connectivity index (χ4n) is 3.27. The molecule has 10 heteroatoms. The number of methoxy groups -OCH3 is 1. The Balaban J connectivity index is 1.49. The molecule has 4 aromatic rings. The summed E-state index contributed by atoms with van der Waals surface area (Å²) >= 11 is 6.11. The van der Waals surface area contributed by atoms with Crippen LogP contribution in [0.15, 0.2) is 54.9 Å². The van der Waals surface area contributed by atoms with E-state index in [0.29, 0.717) is 35.6 Å². The first-order valence-electron chi connectivity index (χ1n) is 9.75. The highest BCUT2D eigenvalue weighted by atomic mass is 35.5. The van der Waals surface area contributed by atoms with Gasteiger partial charge in [-0.05, 0) is 53.4 Å². The molecule has 1 N–H and O–H groups in total. The van der Waals surface area contributed by atoms with Crippen LogP contribution in [0.3, 0.4) is 0 Å². The number of ether oxygens (including phenoxy) is 1. The standard InChI is InChI=1S/C22H19ClF3N5O/c1-32-17-8-4-14(5-9-17)10-11-27-19-18-20(30-21(23)29-19)31(13-28-18)12-15-2-6-16(7-3-15)22(24,25)26/h2-9,13H,10-12H2,1H3,(H,27,29,30). The van der Waals surface area contributed by atoms with Gasteiger partial charge >= 0.3 is 6.18 Å². The van der Waals surface area contributed by atoms with Gasteiger partial charge in [0.05, 0.1) is 25.5 Å². The molecule has 2 aromatic carbocycles. The third-order valence-corrected chi connectivity index (χ3v) is 5.10. The van der Waals surface area contributed by atoms with Crippen LogP contribution in [0.4, 0.5) is 19.0 Å². The Kier molecular flexibility index (Phi) is 6.18. The van der Waals surface area contributed by atoms with Gasteiger partial charge in [-0.1, -0.05) is 24.3 Å². The van der Waals surface area contributed by atoms with E-state index in [9.17, 15) is 13.2 Å². The number of aromatic nitrogens is 4. The van der Waals surface area contributed by atoms with Crippen molar-refractivity contribution in [2.45, 2.75) is 19.1 Å².